The third kappa shape index (κ3) is 7.19. The van der Waals surface area contributed by atoms with Crippen molar-refractivity contribution in [2.45, 2.75) is 111 Å². The lowest BCUT2D eigenvalue weighted by molar-refractivity contribution is -0.247. The van der Waals surface area contributed by atoms with Crippen LogP contribution in [0.1, 0.15) is 111 Å². The number of nitrogens with zero attached hydrogens (tertiary/aromatic N) is 6. The maximum atomic E-state index is 14.1. The number of ether oxygens (including phenoxy) is 2. The van der Waals surface area contributed by atoms with Gasteiger partial charge in [0.1, 0.15) is 21.8 Å². The summed E-state index contributed by atoms with van der Waals surface area (Å²) in [4.78, 5) is 44.7. The Bertz CT molecular complexity index is 2380. The molecule has 4 bridgehead atoms. The fourth-order valence-corrected chi connectivity index (χ4v) is 12.7. The van der Waals surface area contributed by atoms with Crippen molar-refractivity contribution in [1.29, 1.82) is 0 Å². The Balaban J connectivity index is 1.01. The molecule has 10 rings (SSSR count). The summed E-state index contributed by atoms with van der Waals surface area (Å²) in [5.41, 5.74) is 11.8. The van der Waals surface area contributed by atoms with Gasteiger partial charge in [0, 0.05) is 54.8 Å². The largest absolute Gasteiger partial charge is 0.455 e. The lowest BCUT2D eigenvalue weighted by Crippen LogP contribution is -2.64. The van der Waals surface area contributed by atoms with Crippen LogP contribution in [0.3, 0.4) is 0 Å². The predicted molar refractivity (Wildman–Crippen MR) is 226 cm³/mol. The lowest BCUT2D eigenvalue weighted by Gasteiger charge is -2.69. The summed E-state index contributed by atoms with van der Waals surface area (Å²) in [7, 11) is 0. The zero-order chi connectivity index (χ0) is 40.7. The number of amides is 1. The molecule has 1 amide bonds. The number of esters is 1. The van der Waals surface area contributed by atoms with Crippen LogP contribution in [-0.4, -0.2) is 67.5 Å². The fourth-order valence-electron chi connectivity index (χ4n) is 11.9. The van der Waals surface area contributed by atoms with E-state index in [0.29, 0.717) is 48.3 Å². The van der Waals surface area contributed by atoms with Crippen molar-refractivity contribution < 1.29 is 19.1 Å². The third-order valence-corrected chi connectivity index (χ3v) is 13.7. The standard InChI is InChI=1S/C45H54N8O4S/c1-28-32(19-48-53(28)27-44-22-42(5)21-43(6,23-44)25-45(24-42,26-44)56-18-15-46)30-12-13-35(50-36(30)39(55)57-41(2,3)4)52-17-14-29-9-7-10-31(33(29)20-52)37(54)51-40-49-34-11-8-16-47-38(34)58-40/h7-13,16,19H,14-15,17-18,20-27,46H2,1-6H3,(H,49,51,54). The minimum atomic E-state index is -0.719. The van der Waals surface area contributed by atoms with Crippen molar-refractivity contribution in [2.75, 3.05) is 29.9 Å². The van der Waals surface area contributed by atoms with Crippen molar-refractivity contribution in [1.82, 2.24) is 24.7 Å². The van der Waals surface area contributed by atoms with Gasteiger partial charge in [-0.3, -0.25) is 14.8 Å². The molecule has 0 spiro atoms. The Labute approximate surface area is 343 Å². The lowest BCUT2D eigenvalue weighted by atomic mass is 9.39. The summed E-state index contributed by atoms with van der Waals surface area (Å²) in [5, 5.41) is 8.50. The monoisotopic (exact) mass is 802 g/mol. The number of rotatable bonds is 10. The van der Waals surface area contributed by atoms with Crippen LogP contribution < -0.4 is 16.0 Å². The smallest absolute Gasteiger partial charge is 0.358 e. The molecule has 5 aromatic rings. The van der Waals surface area contributed by atoms with Gasteiger partial charge in [-0.15, -0.1) is 0 Å². The number of hydrogen-bond donors (Lipinski definition) is 2. The van der Waals surface area contributed by atoms with Crippen molar-refractivity contribution in [3.05, 3.63) is 82.9 Å². The number of nitrogens with one attached hydrogen (secondary N) is 1. The normalized spacial score (nSPS) is 26.2. The average Bonchev–Trinajstić information content (AvgIpc) is 3.72. The van der Waals surface area contributed by atoms with Gasteiger partial charge in [0.15, 0.2) is 10.8 Å². The minimum Gasteiger partial charge on any atom is -0.455 e. The van der Waals surface area contributed by atoms with Crippen molar-refractivity contribution in [2.24, 2.45) is 22.0 Å². The second-order valence-corrected chi connectivity index (χ2v) is 20.3. The van der Waals surface area contributed by atoms with E-state index < -0.39 is 11.6 Å². The summed E-state index contributed by atoms with van der Waals surface area (Å²) in [6, 6.07) is 13.5. The SMILES string of the molecule is Cc1c(-c2ccc(N3CCc4cccc(C(=O)Nc5nc6cccnc6s5)c4C3)nc2C(=O)OC(C)(C)C)cnn1CC12CC3(C)CC(C)(C1)CC(OCCN)(C3)C2. The molecule has 1 aromatic carbocycles. The van der Waals surface area contributed by atoms with Crippen LogP contribution in [0.15, 0.2) is 54.9 Å². The van der Waals surface area contributed by atoms with Gasteiger partial charge in [-0.2, -0.15) is 5.10 Å². The van der Waals surface area contributed by atoms with Crippen LogP contribution in [0.2, 0.25) is 0 Å². The van der Waals surface area contributed by atoms with Crippen molar-refractivity contribution >= 4 is 44.5 Å². The first-order valence-electron chi connectivity index (χ1n) is 20.6. The van der Waals surface area contributed by atoms with E-state index in [1.54, 1.807) is 6.20 Å². The molecule has 2 unspecified atom stereocenters. The Morgan fingerprint density at radius 1 is 0.966 bits per heavy atom. The van der Waals surface area contributed by atoms with Gasteiger partial charge in [-0.05, 0) is 130 Å². The molecule has 4 aliphatic carbocycles. The van der Waals surface area contributed by atoms with Crippen LogP contribution in [0.25, 0.3) is 21.5 Å². The van der Waals surface area contributed by atoms with Crippen molar-refractivity contribution in [3.8, 4) is 11.1 Å². The van der Waals surface area contributed by atoms with Gasteiger partial charge < -0.3 is 20.1 Å². The quantitative estimate of drug-likeness (QED) is 0.133. The Hall–Kier alpha value is -4.72. The van der Waals surface area contributed by atoms with Gasteiger partial charge in [0.2, 0.25) is 0 Å². The Morgan fingerprint density at radius 3 is 2.50 bits per heavy atom. The van der Waals surface area contributed by atoms with Gasteiger partial charge in [-0.1, -0.05) is 37.3 Å². The van der Waals surface area contributed by atoms with Crippen LogP contribution >= 0.6 is 11.3 Å². The zero-order valence-electron chi connectivity index (χ0n) is 34.5. The van der Waals surface area contributed by atoms with E-state index in [-0.39, 0.29) is 33.4 Å². The summed E-state index contributed by atoms with van der Waals surface area (Å²) in [6.45, 7) is 15.7. The number of anilines is 2. The van der Waals surface area contributed by atoms with E-state index in [1.807, 2.05) is 63.4 Å². The molecule has 4 aromatic heterocycles. The molecule has 58 heavy (non-hydrogen) atoms. The van der Waals surface area contributed by atoms with E-state index in [4.69, 9.17) is 25.3 Å². The summed E-state index contributed by atoms with van der Waals surface area (Å²) in [6.07, 6.45) is 11.1. The van der Waals surface area contributed by atoms with Gasteiger partial charge >= 0.3 is 5.97 Å². The fraction of sp³-hybridized carbons (Fsp3) is 0.511. The Kier molecular flexibility index (Phi) is 9.33. The third-order valence-electron chi connectivity index (χ3n) is 12.8. The topological polar surface area (TPSA) is 150 Å². The number of carbonyl (C=O) groups is 2. The highest BCUT2D eigenvalue weighted by Gasteiger charge is 2.66. The summed E-state index contributed by atoms with van der Waals surface area (Å²) in [5.74, 6) is -0.0659. The second kappa shape index (κ2) is 13.9. The first-order valence-corrected chi connectivity index (χ1v) is 21.4. The van der Waals surface area contributed by atoms with Crippen LogP contribution in [-0.2, 0) is 29.0 Å². The first-order chi connectivity index (χ1) is 27.6. The highest BCUT2D eigenvalue weighted by molar-refractivity contribution is 7.21. The molecule has 5 aliphatic rings. The average molecular weight is 803 g/mol. The van der Waals surface area contributed by atoms with E-state index in [9.17, 15) is 9.59 Å². The summed E-state index contributed by atoms with van der Waals surface area (Å²) >= 11 is 1.35. The highest BCUT2D eigenvalue weighted by atomic mass is 32.1. The molecular weight excluding hydrogens is 749 g/mol. The van der Waals surface area contributed by atoms with E-state index in [1.165, 1.54) is 17.8 Å². The molecule has 2 atom stereocenters. The molecular formula is C45H54N8O4S. The zero-order valence-corrected chi connectivity index (χ0v) is 35.3. The van der Waals surface area contributed by atoms with E-state index in [2.05, 4.69) is 51.7 Å². The second-order valence-electron chi connectivity index (χ2n) is 19.3. The molecule has 4 saturated carbocycles. The number of fused-ring (bicyclic) bond motifs is 2. The molecule has 3 N–H and O–H groups in total. The molecule has 12 nitrogen and oxygen atoms in total. The van der Waals surface area contributed by atoms with Crippen LogP contribution in [0.5, 0.6) is 0 Å². The maximum absolute atomic E-state index is 14.1. The van der Waals surface area contributed by atoms with Gasteiger partial charge in [0.05, 0.1) is 18.4 Å². The molecule has 5 heterocycles. The molecule has 1 aliphatic heterocycles. The molecule has 4 fully saturated rings. The highest BCUT2D eigenvalue weighted by Crippen LogP contribution is 2.72. The van der Waals surface area contributed by atoms with Gasteiger partial charge in [0.25, 0.3) is 5.91 Å². The van der Waals surface area contributed by atoms with Gasteiger partial charge in [-0.25, -0.2) is 19.7 Å². The van der Waals surface area contributed by atoms with Crippen LogP contribution in [0.4, 0.5) is 10.9 Å². The predicted octanol–water partition coefficient (Wildman–Crippen LogP) is 8.12. The van der Waals surface area contributed by atoms with E-state index in [0.717, 1.165) is 77.8 Å². The maximum Gasteiger partial charge on any atom is 0.358 e. The van der Waals surface area contributed by atoms with E-state index >= 15 is 0 Å². The number of aromatic nitrogens is 5. The Morgan fingerprint density at radius 2 is 1.76 bits per heavy atom. The number of benzene rings is 1. The number of thiazole rings is 1. The molecule has 304 valence electrons. The summed E-state index contributed by atoms with van der Waals surface area (Å²) < 4.78 is 14.8. The number of nitrogens with two attached hydrogens (primary N) is 1. The molecule has 0 radical (unpaired) electrons. The number of hydrogen-bond acceptors (Lipinski definition) is 11. The molecule has 13 heteroatoms. The van der Waals surface area contributed by atoms with Crippen LogP contribution in [0, 0.1) is 23.2 Å². The number of pyridine rings is 2. The molecule has 0 saturated heterocycles. The number of carbonyl (C=O) groups excluding carboxylic acids is 2. The first kappa shape index (κ1) is 38.8. The van der Waals surface area contributed by atoms with Crippen molar-refractivity contribution in [3.63, 3.8) is 0 Å². The minimum absolute atomic E-state index is 0.0584.